The first-order valence-electron chi connectivity index (χ1n) is 16.3. The quantitative estimate of drug-likeness (QED) is 0.206. The van der Waals surface area contributed by atoms with Gasteiger partial charge in [0.2, 0.25) is 0 Å². The van der Waals surface area contributed by atoms with Gasteiger partial charge in [-0.1, -0.05) is 45.9 Å². The lowest BCUT2D eigenvalue weighted by molar-refractivity contribution is 0.496. The lowest BCUT2D eigenvalue weighted by Crippen LogP contribution is -2.21. The summed E-state index contributed by atoms with van der Waals surface area (Å²) in [5, 5.41) is 8.69. The van der Waals surface area contributed by atoms with Gasteiger partial charge in [0.25, 0.3) is 0 Å². The van der Waals surface area contributed by atoms with Crippen LogP contribution in [0.15, 0.2) is 100 Å². The Hall–Kier alpha value is -4.97. The Morgan fingerprint density at radius 3 is 1.95 bits per heavy atom. The van der Waals surface area contributed by atoms with E-state index in [0.717, 1.165) is 60.8 Å². The fourth-order valence-electron chi connectivity index (χ4n) is 6.50. The molecule has 43 heavy (non-hydrogen) atoms. The maximum Gasteiger partial charge on any atom is 0.136 e. The van der Waals surface area contributed by atoms with Gasteiger partial charge in [-0.2, -0.15) is 5.10 Å². The highest BCUT2D eigenvalue weighted by Crippen LogP contribution is 2.42. The predicted octanol–water partition coefficient (Wildman–Crippen LogP) is 9.77. The molecule has 3 aromatic heterocycles. The lowest BCUT2D eigenvalue weighted by Gasteiger charge is -2.18. The summed E-state index contributed by atoms with van der Waals surface area (Å²) in [6.07, 6.45) is 7.50. The molecule has 214 valence electrons. The van der Waals surface area contributed by atoms with Gasteiger partial charge in [0.05, 0.1) is 18.6 Å². The molecule has 4 aromatic carbocycles. The number of aromatic nitrogens is 2. The van der Waals surface area contributed by atoms with Crippen LogP contribution in [0.1, 0.15) is 54.8 Å². The smallest absolute Gasteiger partial charge is 0.136 e. The average molecular weight is 570 g/mol. The molecule has 0 radical (unpaired) electrons. The molecule has 6 heteroatoms. The molecule has 0 amide bonds. The van der Waals surface area contributed by atoms with E-state index in [1.165, 1.54) is 21.6 Å². The van der Waals surface area contributed by atoms with Gasteiger partial charge in [-0.3, -0.25) is 0 Å². The molecule has 0 saturated carbocycles. The minimum absolute atomic E-state index is 0.247. The zero-order valence-corrected chi connectivity index (χ0v) is 24.6. The highest BCUT2D eigenvalue weighted by Gasteiger charge is 2.20. The molecule has 1 aliphatic heterocycles. The van der Waals surface area contributed by atoms with E-state index in [4.69, 9.17) is 18.0 Å². The second-order valence-electron chi connectivity index (χ2n) is 12.1. The largest absolute Gasteiger partial charge is 0.456 e. The van der Waals surface area contributed by atoms with Crippen LogP contribution < -0.4 is 4.90 Å². The van der Waals surface area contributed by atoms with E-state index in [1.54, 1.807) is 12.4 Å². The first kappa shape index (κ1) is 22.6. The van der Waals surface area contributed by atoms with Crippen LogP contribution in [0.2, 0.25) is 0 Å². The fourth-order valence-corrected chi connectivity index (χ4v) is 6.50. The zero-order valence-electron chi connectivity index (χ0n) is 27.6. The van der Waals surface area contributed by atoms with Crippen molar-refractivity contribution >= 4 is 49.6 Å². The molecule has 0 N–H and O–H groups in total. The Balaban J connectivity index is 1.26. The first-order chi connectivity index (χ1) is 22.1. The summed E-state index contributed by atoms with van der Waals surface area (Å²) in [6.45, 7) is 7.01. The summed E-state index contributed by atoms with van der Waals surface area (Å²) in [7, 11) is 0. The number of nitrogens with zero attached hydrogens (tertiary/aromatic N) is 4. The molecule has 8 rings (SSSR count). The van der Waals surface area contributed by atoms with Crippen molar-refractivity contribution in [1.82, 2.24) is 14.7 Å². The summed E-state index contributed by atoms with van der Waals surface area (Å²) < 4.78 is 37.9. The second-order valence-corrected chi connectivity index (χ2v) is 12.1. The molecule has 0 saturated heterocycles. The van der Waals surface area contributed by atoms with E-state index in [1.807, 2.05) is 52.2 Å². The third-order valence-electron chi connectivity index (χ3n) is 8.61. The maximum atomic E-state index is 7.77. The standard InChI is InChI=1S/C37H34N4O2/c1-22(2)27-7-6-8-28(23(3)4)35(27)24-19-38-41(20-24)26-10-12-32-30(18-26)37-34(43-32)14-13-33-36(37)29-17-25(9-11-31(29)42-33)40-16-15-39(5)21-40/h6-20,22-23H,21H2,1-5H3/i5D3. The maximum absolute atomic E-state index is 7.77. The van der Waals surface area contributed by atoms with Crippen LogP contribution in [0.3, 0.4) is 0 Å². The Morgan fingerprint density at radius 2 is 1.35 bits per heavy atom. The van der Waals surface area contributed by atoms with Crippen molar-refractivity contribution in [2.45, 2.75) is 39.5 Å². The molecule has 1 aliphatic rings. The van der Waals surface area contributed by atoms with E-state index in [-0.39, 0.29) is 6.67 Å². The predicted molar refractivity (Wildman–Crippen MR) is 176 cm³/mol. The minimum Gasteiger partial charge on any atom is -0.456 e. The number of furan rings is 2. The van der Waals surface area contributed by atoms with Crippen LogP contribution in [-0.2, 0) is 0 Å². The summed E-state index contributed by atoms with van der Waals surface area (Å²) in [4.78, 5) is 3.27. The van der Waals surface area contributed by atoms with Gasteiger partial charge < -0.3 is 18.6 Å². The molecule has 4 heterocycles. The number of hydrogen-bond acceptors (Lipinski definition) is 5. The van der Waals surface area contributed by atoms with E-state index in [2.05, 4.69) is 64.2 Å². The van der Waals surface area contributed by atoms with Gasteiger partial charge in [-0.25, -0.2) is 4.68 Å². The van der Waals surface area contributed by atoms with E-state index in [0.29, 0.717) is 11.8 Å². The number of anilines is 1. The number of fused-ring (bicyclic) bond motifs is 7. The van der Waals surface area contributed by atoms with Gasteiger partial charge in [-0.05, 0) is 77.1 Å². The number of hydrogen-bond donors (Lipinski definition) is 0. The van der Waals surface area contributed by atoms with Crippen molar-refractivity contribution in [3.05, 3.63) is 103 Å². The molecular formula is C37H34N4O2. The SMILES string of the molecule is [2H]C([2H])([2H])N1C=CN(c2ccc3oc4ccc5oc6ccc(-n7cc(-c8c(C(C)C)cccc8C(C)C)cn7)cc6c5c4c3c2)C1. The van der Waals surface area contributed by atoms with Crippen LogP contribution in [0, 0.1) is 0 Å². The average Bonchev–Trinajstić information content (AvgIpc) is 3.83. The third kappa shape index (κ3) is 4.04. The fraction of sp³-hybridized carbons (Fsp3) is 0.216. The number of rotatable bonds is 5. The van der Waals surface area contributed by atoms with E-state index >= 15 is 0 Å². The Bertz CT molecular complexity index is 2300. The van der Waals surface area contributed by atoms with Crippen LogP contribution in [0.25, 0.3) is 60.7 Å². The van der Waals surface area contributed by atoms with Gasteiger partial charge in [0, 0.05) is 62.5 Å². The van der Waals surface area contributed by atoms with Crippen molar-refractivity contribution in [1.29, 1.82) is 0 Å². The number of benzene rings is 4. The molecule has 0 unspecified atom stereocenters. The Labute approximate surface area is 254 Å². The molecule has 0 atom stereocenters. The summed E-state index contributed by atoms with van der Waals surface area (Å²) >= 11 is 0. The van der Waals surface area contributed by atoms with Crippen molar-refractivity contribution < 1.29 is 12.9 Å². The normalized spacial score (nSPS) is 15.2. The highest BCUT2D eigenvalue weighted by molar-refractivity contribution is 6.26. The van der Waals surface area contributed by atoms with Crippen LogP contribution in [0.5, 0.6) is 0 Å². The third-order valence-corrected chi connectivity index (χ3v) is 8.61. The minimum atomic E-state index is -2.19. The first-order valence-corrected chi connectivity index (χ1v) is 14.8. The summed E-state index contributed by atoms with van der Waals surface area (Å²) in [5.41, 5.74) is 9.93. The van der Waals surface area contributed by atoms with E-state index in [9.17, 15) is 0 Å². The highest BCUT2D eigenvalue weighted by atomic mass is 16.3. The van der Waals surface area contributed by atoms with Crippen molar-refractivity contribution in [2.24, 2.45) is 0 Å². The summed E-state index contributed by atoms with van der Waals surface area (Å²) in [5.74, 6) is 0.779. The van der Waals surface area contributed by atoms with Gasteiger partial charge >= 0.3 is 0 Å². The molecule has 7 aromatic rings. The van der Waals surface area contributed by atoms with Gasteiger partial charge in [-0.15, -0.1) is 0 Å². The van der Waals surface area contributed by atoms with Gasteiger partial charge in [0.1, 0.15) is 22.3 Å². The van der Waals surface area contributed by atoms with Crippen LogP contribution in [0.4, 0.5) is 5.69 Å². The van der Waals surface area contributed by atoms with Crippen LogP contribution >= 0.6 is 0 Å². The Morgan fingerprint density at radius 1 is 0.744 bits per heavy atom. The second kappa shape index (κ2) is 9.53. The van der Waals surface area contributed by atoms with Crippen molar-refractivity contribution in [3.8, 4) is 16.8 Å². The monoisotopic (exact) mass is 569 g/mol. The van der Waals surface area contributed by atoms with Crippen LogP contribution in [-0.4, -0.2) is 28.3 Å². The zero-order chi connectivity index (χ0) is 31.9. The van der Waals surface area contributed by atoms with Crippen molar-refractivity contribution in [2.75, 3.05) is 18.5 Å². The molecule has 0 bridgehead atoms. The molecule has 0 spiro atoms. The molecule has 0 aliphatic carbocycles. The molecule has 0 fully saturated rings. The lowest BCUT2D eigenvalue weighted by atomic mass is 9.86. The molecular weight excluding hydrogens is 532 g/mol. The van der Waals surface area contributed by atoms with Gasteiger partial charge in [0.15, 0.2) is 0 Å². The van der Waals surface area contributed by atoms with Crippen molar-refractivity contribution in [3.63, 3.8) is 0 Å². The topological polar surface area (TPSA) is 50.6 Å². The summed E-state index contributed by atoms with van der Waals surface area (Å²) in [6, 6.07) is 22.7. The molecule has 6 nitrogen and oxygen atoms in total. The Kier molecular flexibility index (Phi) is 5.01. The van der Waals surface area contributed by atoms with E-state index < -0.39 is 6.98 Å².